The zero-order valence-electron chi connectivity index (χ0n) is 11.2. The number of amides is 1. The molecule has 2 atom stereocenters. The van der Waals surface area contributed by atoms with E-state index in [1.807, 2.05) is 0 Å². The van der Waals surface area contributed by atoms with Crippen molar-refractivity contribution in [2.24, 2.45) is 11.8 Å². The fraction of sp³-hybridized carbons (Fsp3) is 0.929. The number of nitrogens with zero attached hydrogens (tertiary/aromatic N) is 1. The molecule has 3 nitrogen and oxygen atoms in total. The predicted molar refractivity (Wildman–Crippen MR) is 69.8 cm³/mol. The SMILES string of the molecule is CCCC1CC(=O)N(CC(NCC)C2CC2)C1. The Bertz CT molecular complexity index is 263. The number of likely N-dealkylation sites (tertiary alicyclic amines) is 1. The van der Waals surface area contributed by atoms with Crippen molar-refractivity contribution in [1.82, 2.24) is 10.2 Å². The molecule has 1 saturated heterocycles. The number of rotatable bonds is 7. The van der Waals surface area contributed by atoms with Gasteiger partial charge in [-0.3, -0.25) is 4.79 Å². The van der Waals surface area contributed by atoms with E-state index in [2.05, 4.69) is 24.1 Å². The lowest BCUT2D eigenvalue weighted by molar-refractivity contribution is -0.128. The van der Waals surface area contributed by atoms with Gasteiger partial charge in [0.1, 0.15) is 0 Å². The molecule has 0 bridgehead atoms. The number of hydrogen-bond donors (Lipinski definition) is 1. The summed E-state index contributed by atoms with van der Waals surface area (Å²) >= 11 is 0. The van der Waals surface area contributed by atoms with Crippen molar-refractivity contribution in [3.8, 4) is 0 Å². The summed E-state index contributed by atoms with van der Waals surface area (Å²) < 4.78 is 0. The van der Waals surface area contributed by atoms with Crippen molar-refractivity contribution < 1.29 is 4.79 Å². The van der Waals surface area contributed by atoms with Gasteiger partial charge in [0, 0.05) is 25.6 Å². The van der Waals surface area contributed by atoms with Crippen LogP contribution < -0.4 is 5.32 Å². The van der Waals surface area contributed by atoms with Gasteiger partial charge in [-0.25, -0.2) is 0 Å². The van der Waals surface area contributed by atoms with E-state index in [9.17, 15) is 4.79 Å². The third kappa shape index (κ3) is 3.44. The van der Waals surface area contributed by atoms with Gasteiger partial charge in [-0.2, -0.15) is 0 Å². The van der Waals surface area contributed by atoms with Gasteiger partial charge >= 0.3 is 0 Å². The van der Waals surface area contributed by atoms with E-state index in [-0.39, 0.29) is 0 Å². The van der Waals surface area contributed by atoms with Crippen LogP contribution in [0.25, 0.3) is 0 Å². The number of hydrogen-bond acceptors (Lipinski definition) is 2. The topological polar surface area (TPSA) is 32.3 Å². The van der Waals surface area contributed by atoms with Crippen LogP contribution in [0, 0.1) is 11.8 Å². The molecule has 1 amide bonds. The molecule has 1 saturated carbocycles. The van der Waals surface area contributed by atoms with Crippen LogP contribution in [0.15, 0.2) is 0 Å². The lowest BCUT2D eigenvalue weighted by Crippen LogP contribution is -2.43. The van der Waals surface area contributed by atoms with E-state index < -0.39 is 0 Å². The molecule has 98 valence electrons. The van der Waals surface area contributed by atoms with Gasteiger partial charge in [0.15, 0.2) is 0 Å². The molecule has 2 rings (SSSR count). The summed E-state index contributed by atoms with van der Waals surface area (Å²) in [5.74, 6) is 1.83. The highest BCUT2D eigenvalue weighted by molar-refractivity contribution is 5.78. The molecule has 2 unspecified atom stereocenters. The zero-order valence-corrected chi connectivity index (χ0v) is 11.2. The molecule has 1 heterocycles. The lowest BCUT2D eigenvalue weighted by Gasteiger charge is -2.24. The molecule has 0 aromatic heterocycles. The van der Waals surface area contributed by atoms with Crippen LogP contribution in [0.3, 0.4) is 0 Å². The largest absolute Gasteiger partial charge is 0.341 e. The Morgan fingerprint density at radius 1 is 1.41 bits per heavy atom. The summed E-state index contributed by atoms with van der Waals surface area (Å²) in [4.78, 5) is 14.0. The van der Waals surface area contributed by atoms with E-state index in [1.165, 1.54) is 25.7 Å². The second kappa shape index (κ2) is 5.85. The van der Waals surface area contributed by atoms with Crippen molar-refractivity contribution >= 4 is 5.91 Å². The summed E-state index contributed by atoms with van der Waals surface area (Å²) in [7, 11) is 0. The Morgan fingerprint density at radius 3 is 2.76 bits per heavy atom. The first-order valence-electron chi connectivity index (χ1n) is 7.25. The Balaban J connectivity index is 1.82. The maximum atomic E-state index is 11.9. The average molecular weight is 238 g/mol. The minimum absolute atomic E-state index is 0.381. The average Bonchev–Trinajstić information content (AvgIpc) is 3.06. The van der Waals surface area contributed by atoms with Crippen LogP contribution in [0.1, 0.15) is 46.0 Å². The minimum Gasteiger partial charge on any atom is -0.341 e. The molecular weight excluding hydrogens is 212 g/mol. The standard InChI is InChI=1S/C14H26N2O/c1-3-5-11-8-14(17)16(9-11)10-13(15-4-2)12-6-7-12/h11-13,15H,3-10H2,1-2H3. The van der Waals surface area contributed by atoms with Gasteiger partial charge in [-0.1, -0.05) is 20.3 Å². The fourth-order valence-electron chi connectivity index (χ4n) is 3.01. The summed E-state index contributed by atoms with van der Waals surface area (Å²) in [6.07, 6.45) is 5.89. The van der Waals surface area contributed by atoms with E-state index in [0.29, 0.717) is 17.9 Å². The van der Waals surface area contributed by atoms with E-state index in [1.54, 1.807) is 0 Å². The van der Waals surface area contributed by atoms with Crippen LogP contribution in [0.5, 0.6) is 0 Å². The molecule has 1 aliphatic heterocycles. The smallest absolute Gasteiger partial charge is 0.222 e. The summed E-state index contributed by atoms with van der Waals surface area (Å²) in [5, 5.41) is 3.54. The lowest BCUT2D eigenvalue weighted by atomic mass is 10.0. The Hall–Kier alpha value is -0.570. The number of carbonyl (C=O) groups excluding carboxylic acids is 1. The zero-order chi connectivity index (χ0) is 12.3. The first-order valence-corrected chi connectivity index (χ1v) is 7.25. The van der Waals surface area contributed by atoms with Gasteiger partial charge in [0.25, 0.3) is 0 Å². The first kappa shape index (κ1) is 12.9. The molecule has 1 aliphatic carbocycles. The van der Waals surface area contributed by atoms with Crippen LogP contribution >= 0.6 is 0 Å². The number of nitrogens with one attached hydrogen (secondary N) is 1. The van der Waals surface area contributed by atoms with Gasteiger partial charge in [-0.05, 0) is 37.6 Å². The van der Waals surface area contributed by atoms with Crippen LogP contribution in [-0.2, 0) is 4.79 Å². The van der Waals surface area contributed by atoms with E-state index >= 15 is 0 Å². The predicted octanol–water partition coefficient (Wildman–Crippen LogP) is 2.02. The summed E-state index contributed by atoms with van der Waals surface area (Å²) in [5.41, 5.74) is 0. The quantitative estimate of drug-likeness (QED) is 0.736. The van der Waals surface area contributed by atoms with Crippen LogP contribution in [0.4, 0.5) is 0 Å². The van der Waals surface area contributed by atoms with Crippen molar-refractivity contribution in [1.29, 1.82) is 0 Å². The highest BCUT2D eigenvalue weighted by Gasteiger charge is 2.35. The first-order chi connectivity index (χ1) is 8.24. The molecule has 0 radical (unpaired) electrons. The monoisotopic (exact) mass is 238 g/mol. The second-order valence-corrected chi connectivity index (χ2v) is 5.66. The third-order valence-corrected chi connectivity index (χ3v) is 4.07. The Labute approximate surface area is 105 Å². The van der Waals surface area contributed by atoms with Crippen molar-refractivity contribution in [2.75, 3.05) is 19.6 Å². The van der Waals surface area contributed by atoms with E-state index in [0.717, 1.165) is 32.0 Å². The van der Waals surface area contributed by atoms with Crippen molar-refractivity contribution in [3.63, 3.8) is 0 Å². The molecule has 17 heavy (non-hydrogen) atoms. The van der Waals surface area contributed by atoms with Crippen LogP contribution in [0.2, 0.25) is 0 Å². The molecule has 0 aromatic carbocycles. The molecule has 2 aliphatic rings. The van der Waals surface area contributed by atoms with Gasteiger partial charge in [0.2, 0.25) is 5.91 Å². The number of carbonyl (C=O) groups is 1. The Morgan fingerprint density at radius 2 is 2.18 bits per heavy atom. The van der Waals surface area contributed by atoms with E-state index in [4.69, 9.17) is 0 Å². The third-order valence-electron chi connectivity index (χ3n) is 4.07. The maximum absolute atomic E-state index is 11.9. The van der Waals surface area contributed by atoms with Crippen molar-refractivity contribution in [3.05, 3.63) is 0 Å². The highest BCUT2D eigenvalue weighted by atomic mass is 16.2. The maximum Gasteiger partial charge on any atom is 0.222 e. The molecule has 2 fully saturated rings. The molecule has 1 N–H and O–H groups in total. The fourth-order valence-corrected chi connectivity index (χ4v) is 3.01. The van der Waals surface area contributed by atoms with Gasteiger partial charge in [0.05, 0.1) is 0 Å². The van der Waals surface area contributed by atoms with Crippen molar-refractivity contribution in [2.45, 2.75) is 52.0 Å². The minimum atomic E-state index is 0.381. The molecular formula is C14H26N2O. The summed E-state index contributed by atoms with van der Waals surface area (Å²) in [6.45, 7) is 7.32. The second-order valence-electron chi connectivity index (χ2n) is 5.66. The molecule has 0 aromatic rings. The van der Waals surface area contributed by atoms with Gasteiger partial charge in [-0.15, -0.1) is 0 Å². The van der Waals surface area contributed by atoms with Crippen LogP contribution in [-0.4, -0.2) is 36.5 Å². The summed E-state index contributed by atoms with van der Waals surface area (Å²) in [6, 6.07) is 0.546. The molecule has 3 heteroatoms. The highest BCUT2D eigenvalue weighted by Crippen LogP contribution is 2.34. The molecule has 0 spiro atoms. The number of likely N-dealkylation sites (N-methyl/N-ethyl adjacent to an activating group) is 1. The Kier molecular flexibility index (Phi) is 4.43. The van der Waals surface area contributed by atoms with Gasteiger partial charge < -0.3 is 10.2 Å². The normalized spacial score (nSPS) is 26.6.